The molecule has 0 saturated heterocycles. The fraction of sp³-hybridized carbons (Fsp3) is 0.200. The zero-order valence-corrected chi connectivity index (χ0v) is 19.3. The van der Waals surface area contributed by atoms with E-state index in [0.29, 0.717) is 13.2 Å². The molecule has 0 aromatic heterocycles. The second-order valence-electron chi connectivity index (χ2n) is 8.37. The molecule has 2 heteroatoms. The molecular formula is C30H30O2. The van der Waals surface area contributed by atoms with Crippen molar-refractivity contribution in [1.29, 1.82) is 0 Å². The largest absolute Gasteiger partial charge is 0.488 e. The summed E-state index contributed by atoms with van der Waals surface area (Å²) < 4.78 is 12.3. The summed E-state index contributed by atoms with van der Waals surface area (Å²) in [6.45, 7) is 9.45. The van der Waals surface area contributed by atoms with E-state index in [0.717, 1.165) is 28.2 Å². The summed E-state index contributed by atoms with van der Waals surface area (Å²) >= 11 is 0. The van der Waals surface area contributed by atoms with Crippen molar-refractivity contribution in [3.05, 3.63) is 118 Å². The lowest BCUT2D eigenvalue weighted by Gasteiger charge is -2.15. The van der Waals surface area contributed by atoms with E-state index in [4.69, 9.17) is 9.47 Å². The molecule has 0 radical (unpaired) electrons. The number of benzene rings is 4. The van der Waals surface area contributed by atoms with Gasteiger partial charge in [0.2, 0.25) is 0 Å². The Morgan fingerprint density at radius 2 is 1.00 bits per heavy atom. The van der Waals surface area contributed by atoms with Crippen molar-refractivity contribution >= 4 is 0 Å². The van der Waals surface area contributed by atoms with E-state index >= 15 is 0 Å². The van der Waals surface area contributed by atoms with E-state index in [-0.39, 0.29) is 0 Å². The fourth-order valence-corrected chi connectivity index (χ4v) is 4.07. The molecule has 2 nitrogen and oxygen atoms in total. The number of ether oxygens (including phenoxy) is 2. The zero-order valence-electron chi connectivity index (χ0n) is 19.3. The van der Waals surface area contributed by atoms with Gasteiger partial charge in [-0.2, -0.15) is 0 Å². The third kappa shape index (κ3) is 4.86. The molecule has 0 heterocycles. The predicted molar refractivity (Wildman–Crippen MR) is 132 cm³/mol. The molecule has 162 valence electrons. The minimum Gasteiger partial charge on any atom is -0.488 e. The Morgan fingerprint density at radius 1 is 0.500 bits per heavy atom. The fourth-order valence-electron chi connectivity index (χ4n) is 4.07. The van der Waals surface area contributed by atoms with Crippen LogP contribution in [-0.4, -0.2) is 0 Å². The lowest BCUT2D eigenvalue weighted by Crippen LogP contribution is -2.01. The van der Waals surface area contributed by atoms with Crippen LogP contribution < -0.4 is 9.47 Å². The van der Waals surface area contributed by atoms with E-state index in [2.05, 4.69) is 113 Å². The predicted octanol–water partition coefficient (Wildman–Crippen LogP) is 7.75. The van der Waals surface area contributed by atoms with E-state index in [1.54, 1.807) is 0 Å². The van der Waals surface area contributed by atoms with Crippen LogP contribution in [0.15, 0.2) is 84.9 Å². The molecule has 0 aliphatic heterocycles. The first kappa shape index (κ1) is 21.7. The Morgan fingerprint density at radius 3 is 1.56 bits per heavy atom. The summed E-state index contributed by atoms with van der Waals surface area (Å²) in [4.78, 5) is 0. The van der Waals surface area contributed by atoms with Crippen molar-refractivity contribution in [2.45, 2.75) is 40.9 Å². The minimum atomic E-state index is 0.541. The summed E-state index contributed by atoms with van der Waals surface area (Å²) in [5.41, 5.74) is 9.36. The second kappa shape index (κ2) is 9.74. The zero-order chi connectivity index (χ0) is 22.5. The maximum atomic E-state index is 6.23. The van der Waals surface area contributed by atoms with Crippen LogP contribution >= 0.6 is 0 Å². The molecular weight excluding hydrogens is 392 g/mol. The minimum absolute atomic E-state index is 0.541. The average molecular weight is 423 g/mol. The molecule has 4 rings (SSSR count). The van der Waals surface area contributed by atoms with Crippen LogP contribution in [0, 0.1) is 27.7 Å². The Bertz CT molecular complexity index is 1170. The van der Waals surface area contributed by atoms with Gasteiger partial charge in [-0.15, -0.1) is 0 Å². The molecule has 32 heavy (non-hydrogen) atoms. The number of rotatable bonds is 7. The highest BCUT2D eigenvalue weighted by atomic mass is 16.5. The standard InChI is InChI=1S/C30H30O2/c1-21-9-7-10-22(2)29(21)31-19-25-15-17-26(18-16-25)28-14-6-5-13-27(28)20-32-30-23(3)11-8-12-24(30)4/h5-18H,19-20H2,1-4H3. The second-order valence-corrected chi connectivity index (χ2v) is 8.37. The van der Waals surface area contributed by atoms with Crippen LogP contribution in [0.5, 0.6) is 11.5 Å². The summed E-state index contributed by atoms with van der Waals surface area (Å²) in [7, 11) is 0. The third-order valence-corrected chi connectivity index (χ3v) is 5.86. The Balaban J connectivity index is 1.48. The molecule has 0 spiro atoms. The molecule has 0 aliphatic carbocycles. The first-order valence-corrected chi connectivity index (χ1v) is 11.1. The molecule has 0 bridgehead atoms. The average Bonchev–Trinajstić information content (AvgIpc) is 2.79. The molecule has 0 aliphatic rings. The SMILES string of the molecule is Cc1cccc(C)c1OCc1ccc(-c2ccccc2COc2c(C)cccc2C)cc1. The van der Waals surface area contributed by atoms with Crippen LogP contribution in [0.4, 0.5) is 0 Å². The number of hydrogen-bond acceptors (Lipinski definition) is 2. The van der Waals surface area contributed by atoms with Crippen molar-refractivity contribution in [3.8, 4) is 22.6 Å². The lowest BCUT2D eigenvalue weighted by molar-refractivity contribution is 0.302. The van der Waals surface area contributed by atoms with Crippen molar-refractivity contribution in [1.82, 2.24) is 0 Å². The van der Waals surface area contributed by atoms with Gasteiger partial charge in [-0.05, 0) is 72.2 Å². The van der Waals surface area contributed by atoms with Crippen LogP contribution in [0.1, 0.15) is 33.4 Å². The van der Waals surface area contributed by atoms with Gasteiger partial charge in [0.25, 0.3) is 0 Å². The highest BCUT2D eigenvalue weighted by Crippen LogP contribution is 2.28. The Hall–Kier alpha value is -3.52. The summed E-state index contributed by atoms with van der Waals surface area (Å²) in [5.74, 6) is 1.95. The molecule has 4 aromatic carbocycles. The van der Waals surface area contributed by atoms with Crippen LogP contribution in [0.2, 0.25) is 0 Å². The van der Waals surface area contributed by atoms with Gasteiger partial charge in [-0.3, -0.25) is 0 Å². The number of para-hydroxylation sites is 2. The van der Waals surface area contributed by atoms with Crippen molar-refractivity contribution in [2.75, 3.05) is 0 Å². The maximum Gasteiger partial charge on any atom is 0.125 e. The van der Waals surface area contributed by atoms with Gasteiger partial charge >= 0.3 is 0 Å². The summed E-state index contributed by atoms with van der Waals surface area (Å²) in [5, 5.41) is 0. The monoisotopic (exact) mass is 422 g/mol. The van der Waals surface area contributed by atoms with Gasteiger partial charge in [0.15, 0.2) is 0 Å². The number of hydrogen-bond donors (Lipinski definition) is 0. The Kier molecular flexibility index (Phi) is 6.61. The van der Waals surface area contributed by atoms with Crippen LogP contribution in [0.25, 0.3) is 11.1 Å². The van der Waals surface area contributed by atoms with Crippen LogP contribution in [-0.2, 0) is 13.2 Å². The quantitative estimate of drug-likeness (QED) is 0.303. The first-order chi connectivity index (χ1) is 15.5. The van der Waals surface area contributed by atoms with Gasteiger partial charge in [0.1, 0.15) is 24.7 Å². The molecule has 0 amide bonds. The number of aryl methyl sites for hydroxylation is 4. The summed E-state index contributed by atoms with van der Waals surface area (Å²) in [6.07, 6.45) is 0. The molecule has 0 atom stereocenters. The van der Waals surface area contributed by atoms with Gasteiger partial charge < -0.3 is 9.47 Å². The first-order valence-electron chi connectivity index (χ1n) is 11.1. The van der Waals surface area contributed by atoms with Crippen molar-refractivity contribution < 1.29 is 9.47 Å². The van der Waals surface area contributed by atoms with Crippen molar-refractivity contribution in [2.24, 2.45) is 0 Å². The highest BCUT2D eigenvalue weighted by Gasteiger charge is 2.09. The smallest absolute Gasteiger partial charge is 0.125 e. The third-order valence-electron chi connectivity index (χ3n) is 5.86. The normalized spacial score (nSPS) is 10.8. The molecule has 4 aromatic rings. The van der Waals surface area contributed by atoms with E-state index in [1.807, 2.05) is 0 Å². The summed E-state index contributed by atoms with van der Waals surface area (Å²) in [6, 6.07) is 29.6. The Labute approximate surface area is 191 Å². The van der Waals surface area contributed by atoms with Gasteiger partial charge in [0, 0.05) is 0 Å². The lowest BCUT2D eigenvalue weighted by atomic mass is 9.99. The maximum absolute atomic E-state index is 6.23. The van der Waals surface area contributed by atoms with E-state index < -0.39 is 0 Å². The van der Waals surface area contributed by atoms with Gasteiger partial charge in [0.05, 0.1) is 0 Å². The molecule has 0 fully saturated rings. The van der Waals surface area contributed by atoms with E-state index in [1.165, 1.54) is 27.8 Å². The van der Waals surface area contributed by atoms with Crippen molar-refractivity contribution in [3.63, 3.8) is 0 Å². The van der Waals surface area contributed by atoms with Crippen LogP contribution in [0.3, 0.4) is 0 Å². The molecule has 0 unspecified atom stereocenters. The molecule has 0 N–H and O–H groups in total. The van der Waals surface area contributed by atoms with Gasteiger partial charge in [-0.1, -0.05) is 84.9 Å². The highest BCUT2D eigenvalue weighted by molar-refractivity contribution is 5.67. The van der Waals surface area contributed by atoms with Gasteiger partial charge in [-0.25, -0.2) is 0 Å². The van der Waals surface area contributed by atoms with E-state index in [9.17, 15) is 0 Å². The molecule has 0 saturated carbocycles. The topological polar surface area (TPSA) is 18.5 Å².